The highest BCUT2D eigenvalue weighted by atomic mass is 16.7. The van der Waals surface area contributed by atoms with Crippen LogP contribution >= 0.6 is 0 Å². The van der Waals surface area contributed by atoms with Crippen molar-refractivity contribution in [3.63, 3.8) is 0 Å². The first-order valence-corrected chi connectivity index (χ1v) is 7.82. The third kappa shape index (κ3) is 3.09. The molecule has 0 heterocycles. The average molecular weight is 287 g/mol. The smallest absolute Gasteiger partial charge is 0.335 e. The third-order valence-corrected chi connectivity index (χ3v) is 4.87. The monoisotopic (exact) mass is 287 g/mol. The highest BCUT2D eigenvalue weighted by Gasteiger charge is 2.42. The van der Waals surface area contributed by atoms with Crippen LogP contribution in [0.25, 0.3) is 0 Å². The summed E-state index contributed by atoms with van der Waals surface area (Å²) in [4.78, 5) is 29.3. The summed E-state index contributed by atoms with van der Waals surface area (Å²) in [5.41, 5.74) is 2.79. The summed E-state index contributed by atoms with van der Waals surface area (Å²) in [6.45, 7) is 0. The van der Waals surface area contributed by atoms with E-state index in [2.05, 4.69) is 5.48 Å². The molecular weight excluding hydrogens is 266 g/mol. The van der Waals surface area contributed by atoms with Crippen molar-refractivity contribution in [2.75, 3.05) is 0 Å². The predicted octanol–water partition coefficient (Wildman–Crippen LogP) is 3.09. The number of rotatable bonds is 2. The summed E-state index contributed by atoms with van der Waals surface area (Å²) in [6, 6.07) is 8.79. The maximum Gasteiger partial charge on any atom is 0.335 e. The van der Waals surface area contributed by atoms with E-state index in [1.54, 1.807) is 24.3 Å². The molecule has 112 valence electrons. The Hall–Kier alpha value is -1.84. The number of amides is 1. The van der Waals surface area contributed by atoms with Crippen molar-refractivity contribution in [3.05, 3.63) is 35.9 Å². The van der Waals surface area contributed by atoms with Crippen LogP contribution in [-0.4, -0.2) is 11.9 Å². The van der Waals surface area contributed by atoms with Crippen molar-refractivity contribution in [1.29, 1.82) is 0 Å². The zero-order valence-corrected chi connectivity index (χ0v) is 12.1. The van der Waals surface area contributed by atoms with E-state index in [0.717, 1.165) is 25.7 Å². The molecule has 0 radical (unpaired) electrons. The van der Waals surface area contributed by atoms with Gasteiger partial charge in [-0.25, -0.2) is 4.79 Å². The van der Waals surface area contributed by atoms with Gasteiger partial charge in [-0.05, 0) is 49.7 Å². The molecule has 0 atom stereocenters. The summed E-state index contributed by atoms with van der Waals surface area (Å²) in [6.07, 6.45) is 6.89. The molecule has 1 N–H and O–H groups in total. The molecule has 2 fully saturated rings. The fourth-order valence-electron chi connectivity index (χ4n) is 3.87. The van der Waals surface area contributed by atoms with Gasteiger partial charge in [-0.1, -0.05) is 31.0 Å². The normalized spacial score (nSPS) is 27.7. The average Bonchev–Trinajstić information content (AvgIpc) is 2.52. The highest BCUT2D eigenvalue weighted by Crippen LogP contribution is 2.44. The first-order chi connectivity index (χ1) is 10.3. The maximum absolute atomic E-state index is 12.3. The number of carbonyl (C=O) groups excluding carboxylic acids is 2. The summed E-state index contributed by atoms with van der Waals surface area (Å²) >= 11 is 0. The second-order valence-corrected chi connectivity index (χ2v) is 6.13. The van der Waals surface area contributed by atoms with Crippen LogP contribution in [-0.2, 0) is 9.63 Å². The summed E-state index contributed by atoms with van der Waals surface area (Å²) in [5.74, 6) is 0.236. The quantitative estimate of drug-likeness (QED) is 0.850. The van der Waals surface area contributed by atoms with Gasteiger partial charge in [-0.15, -0.1) is 0 Å². The minimum atomic E-state index is -0.370. The Morgan fingerprint density at radius 2 is 1.52 bits per heavy atom. The number of nitrogens with one attached hydrogen (secondary N) is 1. The lowest BCUT2D eigenvalue weighted by molar-refractivity contribution is -0.161. The fraction of sp³-hybridized carbons (Fsp3) is 0.529. The van der Waals surface area contributed by atoms with Gasteiger partial charge < -0.3 is 4.84 Å². The molecule has 2 saturated carbocycles. The number of fused-ring (bicyclic) bond motifs is 2. The summed E-state index contributed by atoms with van der Waals surface area (Å²) in [5, 5.41) is 0. The summed E-state index contributed by atoms with van der Waals surface area (Å²) in [7, 11) is 0. The maximum atomic E-state index is 12.3. The van der Waals surface area contributed by atoms with E-state index in [4.69, 9.17) is 4.84 Å². The topological polar surface area (TPSA) is 55.4 Å². The van der Waals surface area contributed by atoms with Crippen LogP contribution in [0, 0.1) is 17.8 Å². The Morgan fingerprint density at radius 3 is 2.10 bits per heavy atom. The molecule has 2 aliphatic carbocycles. The molecule has 0 aromatic heterocycles. The fourth-order valence-corrected chi connectivity index (χ4v) is 3.87. The largest absolute Gasteiger partial charge is 0.340 e. The molecule has 2 aliphatic rings. The summed E-state index contributed by atoms with van der Waals surface area (Å²) < 4.78 is 0. The lowest BCUT2D eigenvalue weighted by atomic mass is 9.64. The molecule has 0 aliphatic heterocycles. The Morgan fingerprint density at radius 1 is 0.952 bits per heavy atom. The SMILES string of the molecule is O=C(NOC(=O)C1C2CCCC1CCC2)c1ccccc1. The number of benzene rings is 1. The molecule has 21 heavy (non-hydrogen) atoms. The lowest BCUT2D eigenvalue weighted by Crippen LogP contribution is -2.41. The van der Waals surface area contributed by atoms with E-state index in [-0.39, 0.29) is 17.8 Å². The van der Waals surface area contributed by atoms with Gasteiger partial charge in [0.1, 0.15) is 0 Å². The highest BCUT2D eigenvalue weighted by molar-refractivity contribution is 5.94. The van der Waals surface area contributed by atoms with Crippen LogP contribution < -0.4 is 5.48 Å². The first kappa shape index (κ1) is 14.1. The van der Waals surface area contributed by atoms with Crippen LogP contribution in [0.1, 0.15) is 48.9 Å². The molecular formula is C17H21NO3. The zero-order chi connectivity index (χ0) is 14.7. The Kier molecular flexibility index (Phi) is 4.23. The molecule has 4 heteroatoms. The number of carbonyl (C=O) groups is 2. The number of hydrogen-bond acceptors (Lipinski definition) is 3. The van der Waals surface area contributed by atoms with Gasteiger partial charge in [0.25, 0.3) is 5.91 Å². The molecule has 0 saturated heterocycles. The lowest BCUT2D eigenvalue weighted by Gasteiger charge is -2.40. The Bertz CT molecular complexity index is 492. The van der Waals surface area contributed by atoms with Crippen molar-refractivity contribution in [2.24, 2.45) is 17.8 Å². The van der Waals surface area contributed by atoms with E-state index >= 15 is 0 Å². The van der Waals surface area contributed by atoms with Crippen molar-refractivity contribution >= 4 is 11.9 Å². The predicted molar refractivity (Wildman–Crippen MR) is 78.2 cm³/mol. The van der Waals surface area contributed by atoms with E-state index < -0.39 is 0 Å². The van der Waals surface area contributed by atoms with Gasteiger partial charge in [0.2, 0.25) is 0 Å². The van der Waals surface area contributed by atoms with E-state index in [1.807, 2.05) is 6.07 Å². The molecule has 1 aromatic rings. The van der Waals surface area contributed by atoms with Crippen LogP contribution in [0.4, 0.5) is 0 Å². The Labute approximate surface area is 124 Å². The van der Waals surface area contributed by atoms with Gasteiger partial charge in [0.15, 0.2) is 0 Å². The first-order valence-electron chi connectivity index (χ1n) is 7.82. The van der Waals surface area contributed by atoms with E-state index in [9.17, 15) is 9.59 Å². The van der Waals surface area contributed by atoms with Crippen LogP contribution in [0.5, 0.6) is 0 Å². The van der Waals surface area contributed by atoms with Gasteiger partial charge in [-0.3, -0.25) is 4.79 Å². The van der Waals surface area contributed by atoms with Crippen molar-refractivity contribution < 1.29 is 14.4 Å². The van der Waals surface area contributed by atoms with Gasteiger partial charge in [0, 0.05) is 5.56 Å². The van der Waals surface area contributed by atoms with E-state index in [1.165, 1.54) is 12.8 Å². The van der Waals surface area contributed by atoms with E-state index in [0.29, 0.717) is 17.4 Å². The molecule has 2 bridgehead atoms. The van der Waals surface area contributed by atoms with Crippen molar-refractivity contribution in [3.8, 4) is 0 Å². The number of hydroxylamine groups is 1. The standard InChI is InChI=1S/C17H21NO3/c19-16(14-6-2-1-3-7-14)18-21-17(20)15-12-8-4-9-13(15)11-5-10-12/h1-3,6-7,12-13,15H,4-5,8-11H2,(H,18,19). The van der Waals surface area contributed by atoms with Gasteiger partial charge in [-0.2, -0.15) is 5.48 Å². The van der Waals surface area contributed by atoms with Crippen LogP contribution in [0.3, 0.4) is 0 Å². The third-order valence-electron chi connectivity index (χ3n) is 4.87. The number of hydrogen-bond donors (Lipinski definition) is 1. The van der Waals surface area contributed by atoms with Crippen molar-refractivity contribution in [2.45, 2.75) is 38.5 Å². The van der Waals surface area contributed by atoms with Crippen LogP contribution in [0.15, 0.2) is 30.3 Å². The molecule has 3 rings (SSSR count). The minimum Gasteiger partial charge on any atom is -0.340 e. The molecule has 1 aromatic carbocycles. The minimum absolute atomic E-state index is 0.0245. The molecule has 0 unspecified atom stereocenters. The second-order valence-electron chi connectivity index (χ2n) is 6.13. The second kappa shape index (κ2) is 6.29. The molecule has 0 spiro atoms. The molecule has 4 nitrogen and oxygen atoms in total. The zero-order valence-electron chi connectivity index (χ0n) is 12.1. The molecule has 1 amide bonds. The van der Waals surface area contributed by atoms with Crippen LogP contribution in [0.2, 0.25) is 0 Å². The van der Waals surface area contributed by atoms with Gasteiger partial charge in [0.05, 0.1) is 5.92 Å². The Balaban J connectivity index is 1.58. The van der Waals surface area contributed by atoms with Gasteiger partial charge >= 0.3 is 5.97 Å². The van der Waals surface area contributed by atoms with Crippen molar-refractivity contribution in [1.82, 2.24) is 5.48 Å².